The molecule has 7 nitrogen and oxygen atoms in total. The van der Waals surface area contributed by atoms with Crippen molar-refractivity contribution in [2.45, 2.75) is 77.1 Å². The van der Waals surface area contributed by atoms with Gasteiger partial charge in [0, 0.05) is 26.1 Å². The Labute approximate surface area is 227 Å². The lowest BCUT2D eigenvalue weighted by Gasteiger charge is -2.37. The Morgan fingerprint density at radius 2 is 1.37 bits per heavy atom. The van der Waals surface area contributed by atoms with Gasteiger partial charge in [-0.2, -0.15) is 0 Å². The second-order valence-corrected chi connectivity index (χ2v) is 16.5. The molecule has 2 aliphatic heterocycles. The molecule has 0 N–H and O–H groups in total. The molecule has 0 bridgehead atoms. The summed E-state index contributed by atoms with van der Waals surface area (Å²) in [5, 5.41) is 0.113. The van der Waals surface area contributed by atoms with Gasteiger partial charge in [-0.1, -0.05) is 57.9 Å². The van der Waals surface area contributed by atoms with Gasteiger partial charge in [0.1, 0.15) is 5.75 Å². The molecule has 2 heterocycles. The summed E-state index contributed by atoms with van der Waals surface area (Å²) in [6.45, 7) is 12.6. The highest BCUT2D eigenvalue weighted by atomic mass is 28.4. The Bertz CT molecular complexity index is 1150. The third kappa shape index (κ3) is 5.86. The lowest BCUT2D eigenvalue weighted by Crippen LogP contribution is -2.47. The van der Waals surface area contributed by atoms with E-state index in [1.165, 1.54) is 4.90 Å². The molecule has 2 aliphatic rings. The third-order valence-electron chi connectivity index (χ3n) is 8.01. The number of carbonyl (C=O) groups excluding carboxylic acids is 3. The van der Waals surface area contributed by atoms with Gasteiger partial charge >= 0.3 is 0 Å². The van der Waals surface area contributed by atoms with Crippen LogP contribution in [0.25, 0.3) is 0 Å². The summed E-state index contributed by atoms with van der Waals surface area (Å²) in [6.07, 6.45) is 3.31. The molecule has 0 saturated carbocycles. The molecule has 0 radical (unpaired) electrons. The van der Waals surface area contributed by atoms with Crippen molar-refractivity contribution in [3.63, 3.8) is 0 Å². The van der Waals surface area contributed by atoms with Crippen molar-refractivity contribution in [1.82, 2.24) is 4.90 Å². The Hall–Kier alpha value is -2.97. The first-order valence-corrected chi connectivity index (χ1v) is 16.6. The lowest BCUT2D eigenvalue weighted by atomic mass is 10.1. The van der Waals surface area contributed by atoms with Gasteiger partial charge in [0.15, 0.2) is 14.4 Å². The molecule has 1 atom stereocenters. The number of hydrogen-bond donors (Lipinski definition) is 0. The summed E-state index contributed by atoms with van der Waals surface area (Å²) in [5.74, 6) is 0.304. The van der Waals surface area contributed by atoms with Crippen molar-refractivity contribution in [2.75, 3.05) is 24.6 Å². The number of imide groups is 1. The van der Waals surface area contributed by atoms with Gasteiger partial charge in [0.05, 0.1) is 16.8 Å². The number of benzene rings is 2. The van der Waals surface area contributed by atoms with Gasteiger partial charge in [-0.3, -0.25) is 19.3 Å². The van der Waals surface area contributed by atoms with Crippen LogP contribution in [0.15, 0.2) is 48.5 Å². The fraction of sp³-hybridized carbons (Fsp3) is 0.500. The fourth-order valence-corrected chi connectivity index (χ4v) is 5.72. The van der Waals surface area contributed by atoms with Gasteiger partial charge in [-0.25, -0.2) is 0 Å². The molecule has 0 spiro atoms. The number of nitrogens with zero attached hydrogens (tertiary/aromatic N) is 2. The zero-order valence-electron chi connectivity index (χ0n) is 23.3. The van der Waals surface area contributed by atoms with E-state index in [2.05, 4.69) is 33.9 Å². The zero-order chi connectivity index (χ0) is 27.5. The number of fused-ring (bicyclic) bond motifs is 2. The largest absolute Gasteiger partial charge is 0.478 e. The molecule has 4 rings (SSSR count). The molecule has 3 amide bonds. The van der Waals surface area contributed by atoms with E-state index >= 15 is 0 Å². The minimum Gasteiger partial charge on any atom is -0.478 e. The lowest BCUT2D eigenvalue weighted by molar-refractivity contribution is -0.127. The molecule has 204 valence electrons. The Morgan fingerprint density at radius 3 is 1.97 bits per heavy atom. The van der Waals surface area contributed by atoms with Crippen molar-refractivity contribution >= 4 is 31.7 Å². The van der Waals surface area contributed by atoms with Crippen molar-refractivity contribution in [3.05, 3.63) is 59.7 Å². The van der Waals surface area contributed by atoms with Crippen molar-refractivity contribution < 1.29 is 23.5 Å². The van der Waals surface area contributed by atoms with Crippen LogP contribution in [0.1, 0.15) is 73.6 Å². The van der Waals surface area contributed by atoms with Gasteiger partial charge in [0.25, 0.3) is 17.7 Å². The SMILES string of the molecule is CC(C)(C)[Si](C)(C)OCCC1Oc2ccccc2N(CCCCCCN2C(=O)c3ccccc3C2=O)C1=O. The molecule has 2 aromatic rings. The summed E-state index contributed by atoms with van der Waals surface area (Å²) in [4.78, 5) is 41.7. The molecule has 0 fully saturated rings. The maximum Gasteiger partial charge on any atom is 0.268 e. The number of unbranched alkanes of at least 4 members (excludes halogenated alkanes) is 3. The summed E-state index contributed by atoms with van der Waals surface area (Å²) in [6, 6.07) is 14.7. The maximum absolute atomic E-state index is 13.4. The minimum absolute atomic E-state index is 0.0199. The minimum atomic E-state index is -1.90. The molecular formula is C30H40N2O5Si. The first kappa shape index (κ1) is 28.0. The number of para-hydroxylation sites is 2. The molecule has 2 aromatic carbocycles. The highest BCUT2D eigenvalue weighted by Gasteiger charge is 2.39. The van der Waals surface area contributed by atoms with Crippen LogP contribution >= 0.6 is 0 Å². The molecule has 38 heavy (non-hydrogen) atoms. The molecule has 0 saturated heterocycles. The van der Waals surface area contributed by atoms with Crippen LogP contribution in [0.4, 0.5) is 5.69 Å². The second kappa shape index (κ2) is 11.4. The summed E-state index contributed by atoms with van der Waals surface area (Å²) >= 11 is 0. The van der Waals surface area contributed by atoms with Crippen LogP contribution in [0.5, 0.6) is 5.75 Å². The third-order valence-corrected chi connectivity index (χ3v) is 12.5. The topological polar surface area (TPSA) is 76.2 Å². The normalized spacial score (nSPS) is 17.5. The van der Waals surface area contributed by atoms with E-state index in [4.69, 9.17) is 9.16 Å². The summed E-state index contributed by atoms with van der Waals surface area (Å²) in [5.41, 5.74) is 1.79. The number of amides is 3. The van der Waals surface area contributed by atoms with Gasteiger partial charge in [-0.15, -0.1) is 0 Å². The highest BCUT2D eigenvalue weighted by molar-refractivity contribution is 6.74. The molecule has 0 aliphatic carbocycles. The molecule has 8 heteroatoms. The number of anilines is 1. The number of carbonyl (C=O) groups is 3. The predicted molar refractivity (Wildman–Crippen MR) is 151 cm³/mol. The van der Waals surface area contributed by atoms with E-state index in [1.807, 2.05) is 29.2 Å². The average molecular weight is 537 g/mol. The van der Waals surface area contributed by atoms with Crippen LogP contribution in [0.3, 0.4) is 0 Å². The molecular weight excluding hydrogens is 496 g/mol. The van der Waals surface area contributed by atoms with Crippen LogP contribution in [0.2, 0.25) is 18.1 Å². The first-order chi connectivity index (χ1) is 18.0. The maximum atomic E-state index is 13.4. The van der Waals surface area contributed by atoms with Gasteiger partial charge < -0.3 is 14.1 Å². The Morgan fingerprint density at radius 1 is 0.816 bits per heavy atom. The summed E-state index contributed by atoms with van der Waals surface area (Å²) in [7, 11) is -1.90. The molecule has 0 aromatic heterocycles. The monoisotopic (exact) mass is 536 g/mol. The van der Waals surface area contributed by atoms with Crippen LogP contribution in [0, 0.1) is 0 Å². The second-order valence-electron chi connectivity index (χ2n) is 11.7. The Kier molecular flexibility index (Phi) is 8.42. The quantitative estimate of drug-likeness (QED) is 0.199. The number of rotatable bonds is 11. The van der Waals surface area contributed by atoms with E-state index in [9.17, 15) is 14.4 Å². The first-order valence-electron chi connectivity index (χ1n) is 13.7. The van der Waals surface area contributed by atoms with Crippen molar-refractivity contribution in [1.29, 1.82) is 0 Å². The average Bonchev–Trinajstić information content (AvgIpc) is 3.11. The highest BCUT2D eigenvalue weighted by Crippen LogP contribution is 2.38. The smallest absolute Gasteiger partial charge is 0.268 e. The summed E-state index contributed by atoms with van der Waals surface area (Å²) < 4.78 is 12.4. The van der Waals surface area contributed by atoms with E-state index in [0.717, 1.165) is 37.1 Å². The van der Waals surface area contributed by atoms with Crippen LogP contribution < -0.4 is 9.64 Å². The zero-order valence-corrected chi connectivity index (χ0v) is 24.3. The Balaban J connectivity index is 1.27. The van der Waals surface area contributed by atoms with Gasteiger partial charge in [0.2, 0.25) is 0 Å². The van der Waals surface area contributed by atoms with Crippen LogP contribution in [-0.4, -0.2) is 56.7 Å². The number of ether oxygens (including phenoxy) is 1. The standard InChI is InChI=1S/C30H40N2O5Si/c1-30(2,3)38(4,5)36-21-18-26-29(35)31(24-16-10-11-17-25(24)37-26)19-12-6-7-13-20-32-27(33)22-14-8-9-15-23(22)28(32)34/h8-11,14-17,26H,6-7,12-13,18-21H2,1-5H3. The van der Waals surface area contributed by atoms with Crippen LogP contribution in [-0.2, 0) is 9.22 Å². The van der Waals surface area contributed by atoms with Gasteiger partial charge in [-0.05, 0) is 55.2 Å². The van der Waals surface area contributed by atoms with E-state index < -0.39 is 14.4 Å². The number of hydrogen-bond acceptors (Lipinski definition) is 5. The fourth-order valence-electron chi connectivity index (χ4n) is 4.66. The predicted octanol–water partition coefficient (Wildman–Crippen LogP) is 6.05. The van der Waals surface area contributed by atoms with E-state index in [-0.39, 0.29) is 22.8 Å². The van der Waals surface area contributed by atoms with Crippen molar-refractivity contribution in [2.24, 2.45) is 0 Å². The molecule has 1 unspecified atom stereocenters. The van der Waals surface area contributed by atoms with E-state index in [1.54, 1.807) is 24.3 Å². The van der Waals surface area contributed by atoms with E-state index in [0.29, 0.717) is 37.2 Å². The van der Waals surface area contributed by atoms with Crippen molar-refractivity contribution in [3.8, 4) is 5.75 Å².